The monoisotopic (exact) mass is 231 g/mol. The molecule has 15 heavy (non-hydrogen) atoms. The van der Waals surface area contributed by atoms with Crippen LogP contribution >= 0.6 is 12.2 Å². The lowest BCUT2D eigenvalue weighted by molar-refractivity contribution is -0.117. The molecule has 0 aliphatic carbocycles. The van der Waals surface area contributed by atoms with Gasteiger partial charge in [-0.1, -0.05) is 10.3 Å². The van der Waals surface area contributed by atoms with Crippen LogP contribution in [0.2, 0.25) is 0 Å². The summed E-state index contributed by atoms with van der Waals surface area (Å²) in [6.07, 6.45) is 0.861. The van der Waals surface area contributed by atoms with Gasteiger partial charge in [-0.2, -0.15) is 5.21 Å². The Hall–Kier alpha value is -1.24. The summed E-state index contributed by atoms with van der Waals surface area (Å²) in [6, 6.07) is 0. The standard InChI is InChI=1S/C5H11NO.C3H6N4S/c1-3-6(4-2)5-7;1-2-7-3(8)4-5-6-7/h5H,3-4H2,1-2H3;2H2,1H3,(H,4,6,8). The fourth-order valence-electron chi connectivity index (χ4n) is 0.795. The van der Waals surface area contributed by atoms with Crippen LogP contribution in [0.3, 0.4) is 0 Å². The van der Waals surface area contributed by atoms with Gasteiger partial charge in [0.25, 0.3) is 0 Å². The summed E-state index contributed by atoms with van der Waals surface area (Å²) in [4.78, 5) is 11.6. The minimum absolute atomic E-state index is 0.507. The third-order valence-electron chi connectivity index (χ3n) is 1.81. The zero-order valence-electron chi connectivity index (χ0n) is 9.30. The molecule has 1 amide bonds. The first-order valence-electron chi connectivity index (χ1n) is 4.86. The van der Waals surface area contributed by atoms with E-state index in [4.69, 9.17) is 12.2 Å². The molecule has 86 valence electrons. The molecule has 0 atom stereocenters. The molecule has 7 heteroatoms. The van der Waals surface area contributed by atoms with Gasteiger partial charge in [-0.3, -0.25) is 4.79 Å². The van der Waals surface area contributed by atoms with E-state index in [0.29, 0.717) is 4.77 Å². The lowest BCUT2D eigenvalue weighted by atomic mass is 10.6. The number of aromatic nitrogens is 4. The molecule has 1 aromatic heterocycles. The summed E-state index contributed by atoms with van der Waals surface area (Å²) in [5.74, 6) is 0. The number of H-pyrrole nitrogens is 1. The van der Waals surface area contributed by atoms with Gasteiger partial charge in [-0.25, -0.2) is 4.68 Å². The lowest BCUT2D eigenvalue weighted by Crippen LogP contribution is -2.19. The van der Waals surface area contributed by atoms with E-state index in [1.165, 1.54) is 0 Å². The van der Waals surface area contributed by atoms with Gasteiger partial charge in [-0.15, -0.1) is 0 Å². The topological polar surface area (TPSA) is 66.8 Å². The summed E-state index contributed by atoms with van der Waals surface area (Å²) in [5.41, 5.74) is 0. The van der Waals surface area contributed by atoms with E-state index < -0.39 is 0 Å². The Kier molecular flexibility index (Phi) is 7.43. The molecule has 0 aliphatic rings. The van der Waals surface area contributed by atoms with Crippen molar-refractivity contribution in [3.63, 3.8) is 0 Å². The molecule has 0 saturated heterocycles. The Morgan fingerprint density at radius 1 is 1.47 bits per heavy atom. The summed E-state index contributed by atoms with van der Waals surface area (Å²) >= 11 is 4.74. The van der Waals surface area contributed by atoms with Crippen molar-refractivity contribution in [1.29, 1.82) is 0 Å². The van der Waals surface area contributed by atoms with Crippen LogP contribution in [0.4, 0.5) is 0 Å². The highest BCUT2D eigenvalue weighted by Gasteiger charge is 1.87. The number of carbonyl (C=O) groups excluding carboxylic acids is 1. The number of hydrogen-bond acceptors (Lipinski definition) is 4. The zero-order valence-corrected chi connectivity index (χ0v) is 10.1. The van der Waals surface area contributed by atoms with Crippen molar-refractivity contribution in [3.8, 4) is 0 Å². The molecule has 1 N–H and O–H groups in total. The maximum atomic E-state index is 9.89. The average molecular weight is 231 g/mol. The van der Waals surface area contributed by atoms with Crippen LogP contribution in [0.1, 0.15) is 20.8 Å². The number of tetrazole rings is 1. The van der Waals surface area contributed by atoms with E-state index in [-0.39, 0.29) is 0 Å². The summed E-state index contributed by atoms with van der Waals surface area (Å²) in [5, 5.41) is 9.64. The smallest absolute Gasteiger partial charge is 0.238 e. The molecule has 0 fully saturated rings. The second kappa shape index (κ2) is 8.10. The molecule has 0 spiro atoms. The fourth-order valence-corrected chi connectivity index (χ4v) is 1.01. The highest BCUT2D eigenvalue weighted by Crippen LogP contribution is 1.79. The third-order valence-corrected chi connectivity index (χ3v) is 2.11. The van der Waals surface area contributed by atoms with E-state index in [1.807, 2.05) is 20.8 Å². The van der Waals surface area contributed by atoms with Gasteiger partial charge in [0.1, 0.15) is 0 Å². The van der Waals surface area contributed by atoms with Gasteiger partial charge in [0.2, 0.25) is 11.2 Å². The highest BCUT2D eigenvalue weighted by atomic mass is 32.1. The van der Waals surface area contributed by atoms with Gasteiger partial charge in [0, 0.05) is 19.6 Å². The normalized spacial score (nSPS) is 9.00. The van der Waals surface area contributed by atoms with Crippen LogP contribution in [-0.4, -0.2) is 44.6 Å². The van der Waals surface area contributed by atoms with Crippen molar-refractivity contribution in [2.75, 3.05) is 13.1 Å². The molecule has 0 unspecified atom stereocenters. The molecule has 0 bridgehead atoms. The molecule has 0 aromatic carbocycles. The van der Waals surface area contributed by atoms with Crippen molar-refractivity contribution in [2.45, 2.75) is 27.3 Å². The number of nitrogens with one attached hydrogen (secondary N) is 1. The number of hydrogen-bond donors (Lipinski definition) is 1. The number of aromatic amines is 1. The largest absolute Gasteiger partial charge is 0.346 e. The molecule has 0 radical (unpaired) electrons. The highest BCUT2D eigenvalue weighted by molar-refractivity contribution is 7.71. The molecule has 6 nitrogen and oxygen atoms in total. The molecule has 0 saturated carbocycles. The molecule has 1 rings (SSSR count). The maximum absolute atomic E-state index is 9.89. The van der Waals surface area contributed by atoms with Crippen molar-refractivity contribution >= 4 is 18.6 Å². The van der Waals surface area contributed by atoms with Gasteiger partial charge >= 0.3 is 0 Å². The van der Waals surface area contributed by atoms with Crippen molar-refractivity contribution < 1.29 is 4.79 Å². The van der Waals surface area contributed by atoms with Crippen LogP contribution in [0, 0.1) is 4.77 Å². The predicted molar refractivity (Wildman–Crippen MR) is 59.9 cm³/mol. The van der Waals surface area contributed by atoms with Crippen LogP contribution in [0.5, 0.6) is 0 Å². The Balaban J connectivity index is 0.000000265. The minimum Gasteiger partial charge on any atom is -0.346 e. The SMILES string of the molecule is CCN(C=O)CC.CCn1[nH]nnc1=S. The number of nitrogens with zero attached hydrogens (tertiary/aromatic N) is 4. The minimum atomic E-state index is 0.507. The second-order valence-corrected chi connectivity index (χ2v) is 3.02. The molecule has 1 heterocycles. The Labute approximate surface area is 94.3 Å². The zero-order chi connectivity index (χ0) is 11.7. The van der Waals surface area contributed by atoms with Crippen LogP contribution < -0.4 is 0 Å². The Morgan fingerprint density at radius 3 is 2.20 bits per heavy atom. The molecular formula is C8H17N5OS. The molecular weight excluding hydrogens is 214 g/mol. The number of carbonyl (C=O) groups is 1. The quantitative estimate of drug-likeness (QED) is 0.616. The third kappa shape index (κ3) is 5.26. The first-order chi connectivity index (χ1) is 7.19. The maximum Gasteiger partial charge on any atom is 0.238 e. The van der Waals surface area contributed by atoms with Gasteiger partial charge in [0.05, 0.1) is 0 Å². The predicted octanol–water partition coefficient (Wildman–Crippen LogP) is 0.840. The number of amides is 1. The lowest BCUT2D eigenvalue weighted by Gasteiger charge is -2.08. The van der Waals surface area contributed by atoms with E-state index in [1.54, 1.807) is 9.58 Å². The Bertz CT molecular complexity index is 317. The van der Waals surface area contributed by atoms with Crippen LogP contribution in [0.25, 0.3) is 0 Å². The van der Waals surface area contributed by atoms with Crippen molar-refractivity contribution in [3.05, 3.63) is 4.77 Å². The van der Waals surface area contributed by atoms with Gasteiger partial charge in [-0.05, 0) is 33.0 Å². The Morgan fingerprint density at radius 2 is 2.07 bits per heavy atom. The summed E-state index contributed by atoms with van der Waals surface area (Å²) < 4.78 is 2.18. The average Bonchev–Trinajstić information content (AvgIpc) is 2.67. The van der Waals surface area contributed by atoms with Crippen molar-refractivity contribution in [1.82, 2.24) is 25.1 Å². The fraction of sp³-hybridized carbons (Fsp3) is 0.750. The number of aryl methyl sites for hydroxylation is 1. The van der Waals surface area contributed by atoms with Crippen LogP contribution in [-0.2, 0) is 11.3 Å². The van der Waals surface area contributed by atoms with Crippen molar-refractivity contribution in [2.24, 2.45) is 0 Å². The van der Waals surface area contributed by atoms with Gasteiger partial charge < -0.3 is 4.90 Å². The summed E-state index contributed by atoms with van der Waals surface area (Å²) in [7, 11) is 0. The summed E-state index contributed by atoms with van der Waals surface area (Å²) in [6.45, 7) is 8.32. The van der Waals surface area contributed by atoms with Gasteiger partial charge in [0.15, 0.2) is 0 Å². The first-order valence-corrected chi connectivity index (χ1v) is 5.27. The number of rotatable bonds is 4. The molecule has 0 aliphatic heterocycles. The molecule has 1 aromatic rings. The first kappa shape index (κ1) is 13.8. The van der Waals surface area contributed by atoms with E-state index in [0.717, 1.165) is 26.0 Å². The van der Waals surface area contributed by atoms with Crippen LogP contribution in [0.15, 0.2) is 0 Å². The van der Waals surface area contributed by atoms with E-state index >= 15 is 0 Å². The second-order valence-electron chi connectivity index (χ2n) is 2.65. The van der Waals surface area contributed by atoms with E-state index in [9.17, 15) is 4.79 Å². The van der Waals surface area contributed by atoms with E-state index in [2.05, 4.69) is 15.5 Å².